The molecule has 1 aliphatic rings. The summed E-state index contributed by atoms with van der Waals surface area (Å²) in [7, 11) is 0. The second-order valence-electron chi connectivity index (χ2n) is 6.20. The van der Waals surface area contributed by atoms with Gasteiger partial charge < -0.3 is 20.6 Å². The summed E-state index contributed by atoms with van der Waals surface area (Å²) < 4.78 is 0. The van der Waals surface area contributed by atoms with E-state index >= 15 is 0 Å². The molecule has 6 nitrogen and oxygen atoms in total. The highest BCUT2D eigenvalue weighted by Crippen LogP contribution is 2.11. The first-order valence-electron chi connectivity index (χ1n) is 7.96. The number of nitrogens with zero attached hydrogens (tertiary/aromatic N) is 1. The second-order valence-corrected chi connectivity index (χ2v) is 6.20. The van der Waals surface area contributed by atoms with Crippen molar-refractivity contribution >= 4 is 12.0 Å². The number of carboxylic acids is 1. The molecule has 1 rings (SSSR count). The van der Waals surface area contributed by atoms with Crippen molar-refractivity contribution in [3.63, 3.8) is 0 Å². The third-order valence-corrected chi connectivity index (χ3v) is 3.75. The minimum atomic E-state index is -0.849. The largest absolute Gasteiger partial charge is 0.481 e. The van der Waals surface area contributed by atoms with E-state index < -0.39 is 11.9 Å². The van der Waals surface area contributed by atoms with Crippen LogP contribution < -0.4 is 10.6 Å². The SMILES string of the molecule is CC(C)CC(CNC(=O)NCCCN1CCCC1)C(=O)O. The molecule has 1 saturated heterocycles. The number of carbonyl (C=O) groups is 2. The Labute approximate surface area is 127 Å². The average Bonchev–Trinajstić information content (AvgIpc) is 2.92. The highest BCUT2D eigenvalue weighted by molar-refractivity contribution is 5.75. The van der Waals surface area contributed by atoms with Crippen LogP contribution in [0.4, 0.5) is 4.79 Å². The minimum absolute atomic E-state index is 0.186. The van der Waals surface area contributed by atoms with Gasteiger partial charge >= 0.3 is 12.0 Å². The smallest absolute Gasteiger partial charge is 0.314 e. The third-order valence-electron chi connectivity index (χ3n) is 3.75. The van der Waals surface area contributed by atoms with Gasteiger partial charge in [0.2, 0.25) is 0 Å². The quantitative estimate of drug-likeness (QED) is 0.564. The fourth-order valence-corrected chi connectivity index (χ4v) is 2.63. The lowest BCUT2D eigenvalue weighted by molar-refractivity contribution is -0.142. The molecule has 0 radical (unpaired) electrons. The van der Waals surface area contributed by atoms with Gasteiger partial charge in [0.1, 0.15) is 0 Å². The standard InChI is InChI=1S/C15H29N3O3/c1-12(2)10-13(14(19)20)11-17-15(21)16-6-5-9-18-7-3-4-8-18/h12-13H,3-11H2,1-2H3,(H,19,20)(H2,16,17,21). The Hall–Kier alpha value is -1.30. The lowest BCUT2D eigenvalue weighted by Gasteiger charge is -2.16. The van der Waals surface area contributed by atoms with Crippen molar-refractivity contribution in [3.05, 3.63) is 0 Å². The van der Waals surface area contributed by atoms with Crippen molar-refractivity contribution in [1.82, 2.24) is 15.5 Å². The molecule has 0 bridgehead atoms. The average molecular weight is 299 g/mol. The molecule has 2 amide bonds. The Bertz CT molecular complexity index is 328. The lowest BCUT2D eigenvalue weighted by atomic mass is 9.97. The summed E-state index contributed by atoms with van der Waals surface area (Å²) >= 11 is 0. The third kappa shape index (κ3) is 7.90. The zero-order chi connectivity index (χ0) is 15.7. The molecule has 0 aromatic carbocycles. The van der Waals surface area contributed by atoms with E-state index in [1.807, 2.05) is 13.8 Å². The molecule has 0 aliphatic carbocycles. The number of carboxylic acid groups (broad SMARTS) is 1. The van der Waals surface area contributed by atoms with Gasteiger partial charge in [0, 0.05) is 13.1 Å². The Balaban J connectivity index is 2.09. The zero-order valence-electron chi connectivity index (χ0n) is 13.2. The Morgan fingerprint density at radius 3 is 2.43 bits per heavy atom. The van der Waals surface area contributed by atoms with Crippen LogP contribution in [0.3, 0.4) is 0 Å². The fraction of sp³-hybridized carbons (Fsp3) is 0.867. The maximum Gasteiger partial charge on any atom is 0.314 e. The van der Waals surface area contributed by atoms with Crippen molar-refractivity contribution in [2.75, 3.05) is 32.7 Å². The molecule has 1 aliphatic heterocycles. The van der Waals surface area contributed by atoms with E-state index in [2.05, 4.69) is 15.5 Å². The number of carbonyl (C=O) groups excluding carboxylic acids is 1. The molecule has 6 heteroatoms. The first-order chi connectivity index (χ1) is 9.99. The molecular formula is C15H29N3O3. The predicted molar refractivity (Wildman–Crippen MR) is 82.3 cm³/mol. The van der Waals surface area contributed by atoms with Crippen LogP contribution in [0.25, 0.3) is 0 Å². The van der Waals surface area contributed by atoms with E-state index in [1.54, 1.807) is 0 Å². The van der Waals surface area contributed by atoms with Crippen molar-refractivity contribution in [2.24, 2.45) is 11.8 Å². The summed E-state index contributed by atoms with van der Waals surface area (Å²) in [6.07, 6.45) is 4.06. The normalized spacial score (nSPS) is 16.9. The molecule has 1 fully saturated rings. The van der Waals surface area contributed by atoms with Crippen LogP contribution in [0.1, 0.15) is 39.5 Å². The van der Waals surface area contributed by atoms with Crippen LogP contribution in [0, 0.1) is 11.8 Å². The van der Waals surface area contributed by atoms with E-state index in [0.29, 0.717) is 18.9 Å². The van der Waals surface area contributed by atoms with Gasteiger partial charge in [-0.3, -0.25) is 4.79 Å². The number of likely N-dealkylation sites (tertiary alicyclic amines) is 1. The van der Waals surface area contributed by atoms with Gasteiger partial charge in [0.05, 0.1) is 5.92 Å². The van der Waals surface area contributed by atoms with E-state index in [9.17, 15) is 9.59 Å². The van der Waals surface area contributed by atoms with Crippen LogP contribution >= 0.6 is 0 Å². The number of rotatable bonds is 9. The van der Waals surface area contributed by atoms with Crippen molar-refractivity contribution in [1.29, 1.82) is 0 Å². The molecule has 3 N–H and O–H groups in total. The second kappa shape index (κ2) is 9.60. The summed E-state index contributed by atoms with van der Waals surface area (Å²) in [5, 5.41) is 14.5. The molecule has 1 atom stereocenters. The van der Waals surface area contributed by atoms with Gasteiger partial charge in [-0.15, -0.1) is 0 Å². The maximum atomic E-state index is 11.6. The highest BCUT2D eigenvalue weighted by atomic mass is 16.4. The predicted octanol–water partition coefficient (Wildman–Crippen LogP) is 1.52. The Kier molecular flexibility index (Phi) is 8.12. The lowest BCUT2D eigenvalue weighted by Crippen LogP contribution is -2.41. The molecule has 0 aromatic heterocycles. The molecule has 0 saturated carbocycles. The Morgan fingerprint density at radius 1 is 1.19 bits per heavy atom. The van der Waals surface area contributed by atoms with Crippen molar-refractivity contribution in [3.8, 4) is 0 Å². The molecular weight excluding hydrogens is 270 g/mol. The minimum Gasteiger partial charge on any atom is -0.481 e. The van der Waals surface area contributed by atoms with Crippen LogP contribution in [-0.2, 0) is 4.79 Å². The zero-order valence-corrected chi connectivity index (χ0v) is 13.2. The van der Waals surface area contributed by atoms with E-state index in [-0.39, 0.29) is 12.6 Å². The molecule has 1 unspecified atom stereocenters. The van der Waals surface area contributed by atoms with E-state index in [0.717, 1.165) is 13.0 Å². The van der Waals surface area contributed by atoms with Crippen LogP contribution in [0.15, 0.2) is 0 Å². The van der Waals surface area contributed by atoms with Crippen molar-refractivity contribution < 1.29 is 14.7 Å². The summed E-state index contributed by atoms with van der Waals surface area (Å²) in [4.78, 5) is 25.1. The van der Waals surface area contributed by atoms with Gasteiger partial charge in [0.25, 0.3) is 0 Å². The summed E-state index contributed by atoms with van der Waals surface area (Å²) in [6.45, 7) is 8.13. The monoisotopic (exact) mass is 299 g/mol. The molecule has 0 aromatic rings. The van der Waals surface area contributed by atoms with Crippen LogP contribution in [0.5, 0.6) is 0 Å². The number of aliphatic carboxylic acids is 1. The molecule has 122 valence electrons. The van der Waals surface area contributed by atoms with Crippen molar-refractivity contribution in [2.45, 2.75) is 39.5 Å². The van der Waals surface area contributed by atoms with E-state index in [4.69, 9.17) is 5.11 Å². The number of urea groups is 1. The number of nitrogens with one attached hydrogen (secondary N) is 2. The summed E-state index contributed by atoms with van der Waals surface area (Å²) in [6, 6.07) is -0.272. The number of amides is 2. The molecule has 0 spiro atoms. The van der Waals surface area contributed by atoms with Gasteiger partial charge in [-0.05, 0) is 51.2 Å². The van der Waals surface area contributed by atoms with Crippen LogP contribution in [-0.4, -0.2) is 54.7 Å². The molecule has 21 heavy (non-hydrogen) atoms. The first-order valence-corrected chi connectivity index (χ1v) is 7.96. The maximum absolute atomic E-state index is 11.6. The topological polar surface area (TPSA) is 81.7 Å². The summed E-state index contributed by atoms with van der Waals surface area (Å²) in [5.41, 5.74) is 0. The van der Waals surface area contributed by atoms with Gasteiger partial charge in [-0.1, -0.05) is 13.8 Å². The highest BCUT2D eigenvalue weighted by Gasteiger charge is 2.19. The van der Waals surface area contributed by atoms with E-state index in [1.165, 1.54) is 25.9 Å². The van der Waals surface area contributed by atoms with Gasteiger partial charge in [-0.25, -0.2) is 4.79 Å². The molecule has 1 heterocycles. The summed E-state index contributed by atoms with van der Waals surface area (Å²) in [5.74, 6) is -1.06. The Morgan fingerprint density at radius 2 is 1.86 bits per heavy atom. The van der Waals surface area contributed by atoms with Crippen LogP contribution in [0.2, 0.25) is 0 Å². The fourth-order valence-electron chi connectivity index (χ4n) is 2.63. The van der Waals surface area contributed by atoms with Gasteiger partial charge in [-0.2, -0.15) is 0 Å². The number of hydrogen-bond donors (Lipinski definition) is 3. The van der Waals surface area contributed by atoms with Gasteiger partial charge in [0.15, 0.2) is 0 Å². The first kappa shape index (κ1) is 17.8. The number of hydrogen-bond acceptors (Lipinski definition) is 3.